The fraction of sp³-hybridized carbons (Fsp3) is 0.488. The van der Waals surface area contributed by atoms with Crippen molar-refractivity contribution in [1.29, 1.82) is 0 Å². The molecule has 6 N–H and O–H groups in total. The lowest BCUT2D eigenvalue weighted by atomic mass is 9.72. The lowest BCUT2D eigenvalue weighted by molar-refractivity contribution is -0.134. The number of nitrogen functional groups attached to an aromatic ring is 1. The number of nitrogens with two attached hydrogens (primary N) is 1. The fourth-order valence-corrected chi connectivity index (χ4v) is 8.09. The number of aliphatic hydroxyl groups excluding tert-OH is 1. The second kappa shape index (κ2) is 19.0. The van der Waals surface area contributed by atoms with Crippen molar-refractivity contribution < 1.29 is 33.7 Å². The number of aliphatic hydroxyl groups is 1. The zero-order valence-electron chi connectivity index (χ0n) is 34.4. The Hall–Kier alpha value is -5.30. The number of carbonyl (C=O) groups is 3. The minimum atomic E-state index is -1.04. The van der Waals surface area contributed by atoms with Crippen molar-refractivity contribution in [3.05, 3.63) is 78.8 Å². The van der Waals surface area contributed by atoms with Crippen LogP contribution in [-0.4, -0.2) is 137 Å². The molecule has 17 heteroatoms. The third-order valence-corrected chi connectivity index (χ3v) is 12.0. The van der Waals surface area contributed by atoms with E-state index < -0.39 is 17.7 Å². The highest BCUT2D eigenvalue weighted by molar-refractivity contribution is 6.04. The number of rotatable bonds is 19. The second-order valence-electron chi connectivity index (χ2n) is 16.1. The average molecular weight is 825 g/mol. The predicted molar refractivity (Wildman–Crippen MR) is 226 cm³/mol. The van der Waals surface area contributed by atoms with Crippen molar-refractivity contribution in [3.8, 4) is 11.3 Å². The number of pyridine rings is 1. The number of anilines is 3. The average Bonchev–Trinajstić information content (AvgIpc) is 3.63. The maximum atomic E-state index is 12.8. The Labute approximate surface area is 349 Å². The van der Waals surface area contributed by atoms with E-state index in [0.717, 1.165) is 68.3 Å². The number of imidazole rings is 1. The molecule has 320 valence electrons. The minimum absolute atomic E-state index is 0.242. The number of likely N-dealkylation sites (tertiary alicyclic amines) is 1. The molecular weight excluding hydrogens is 769 g/mol. The zero-order chi connectivity index (χ0) is 42.3. The van der Waals surface area contributed by atoms with Crippen molar-refractivity contribution >= 4 is 40.8 Å². The van der Waals surface area contributed by atoms with E-state index >= 15 is 0 Å². The van der Waals surface area contributed by atoms with Crippen LogP contribution in [0.2, 0.25) is 0 Å². The monoisotopic (exact) mass is 824 g/mol. The van der Waals surface area contributed by atoms with Gasteiger partial charge >= 0.3 is 0 Å². The number of imide groups is 1. The number of amides is 3. The molecule has 17 nitrogen and oxygen atoms in total. The molecule has 0 saturated carbocycles. The number of nitrogens with zero attached hydrogens (tertiary/aromatic N) is 6. The number of aromatic nitrogens is 4. The van der Waals surface area contributed by atoms with Crippen LogP contribution in [0.4, 0.5) is 17.6 Å². The van der Waals surface area contributed by atoms with Crippen molar-refractivity contribution in [2.24, 2.45) is 5.41 Å². The summed E-state index contributed by atoms with van der Waals surface area (Å²) in [5.74, 6) is 0.852. The fourth-order valence-electron chi connectivity index (χ4n) is 8.09. The van der Waals surface area contributed by atoms with Gasteiger partial charge in [-0.2, -0.15) is 0 Å². The van der Waals surface area contributed by atoms with Crippen LogP contribution in [0.25, 0.3) is 16.8 Å². The van der Waals surface area contributed by atoms with Gasteiger partial charge in [-0.05, 0) is 68.4 Å². The van der Waals surface area contributed by atoms with Crippen LogP contribution in [-0.2, 0) is 23.8 Å². The van der Waals surface area contributed by atoms with Crippen LogP contribution < -0.4 is 26.6 Å². The maximum Gasteiger partial charge on any atom is 0.256 e. The molecule has 1 aromatic carbocycles. The highest BCUT2D eigenvalue weighted by Crippen LogP contribution is 2.42. The van der Waals surface area contributed by atoms with Crippen LogP contribution in [0.5, 0.6) is 0 Å². The summed E-state index contributed by atoms with van der Waals surface area (Å²) in [6.07, 6.45) is 7.20. The quantitative estimate of drug-likeness (QED) is 0.0523. The van der Waals surface area contributed by atoms with Gasteiger partial charge in [-0.3, -0.25) is 29.0 Å². The van der Waals surface area contributed by atoms with E-state index in [2.05, 4.69) is 42.3 Å². The smallest absolute Gasteiger partial charge is 0.256 e. The number of carbonyl (C=O) groups excluding carboxylic acids is 3. The van der Waals surface area contributed by atoms with Crippen LogP contribution in [0, 0.1) is 5.41 Å². The minimum Gasteiger partial charge on any atom is -0.390 e. The van der Waals surface area contributed by atoms with Crippen molar-refractivity contribution in [3.63, 3.8) is 0 Å². The molecule has 0 bridgehead atoms. The molecule has 3 amide bonds. The lowest BCUT2D eigenvalue weighted by Crippen LogP contribution is -2.61. The van der Waals surface area contributed by atoms with Crippen LogP contribution in [0.1, 0.15) is 49.9 Å². The highest BCUT2D eigenvalue weighted by atomic mass is 16.6. The Morgan fingerprint density at radius 1 is 1.05 bits per heavy atom. The molecule has 3 fully saturated rings. The summed E-state index contributed by atoms with van der Waals surface area (Å²) in [6.45, 7) is 14.5. The molecule has 3 atom stereocenters. The summed E-state index contributed by atoms with van der Waals surface area (Å²) in [5.41, 5.74) is 9.08. The van der Waals surface area contributed by atoms with E-state index in [1.54, 1.807) is 50.5 Å². The SMILES string of the molecule is C=C(CNC1CCC(=O)NC1=O)C(C)(OCCOCCOCCN1CC2(CCN(c3nc(-c4ccc(C(=O)Nc5ccccn5)cc4)c4c(N)nccn34)CC2)C1)C(C)O. The van der Waals surface area contributed by atoms with E-state index in [1.807, 2.05) is 28.8 Å². The first-order chi connectivity index (χ1) is 28.9. The molecule has 1 spiro atoms. The number of fused-ring (bicyclic) bond motifs is 1. The van der Waals surface area contributed by atoms with Gasteiger partial charge in [0.1, 0.15) is 28.4 Å². The van der Waals surface area contributed by atoms with Gasteiger partial charge in [-0.15, -0.1) is 0 Å². The lowest BCUT2D eigenvalue weighted by Gasteiger charge is -2.54. The van der Waals surface area contributed by atoms with E-state index in [4.69, 9.17) is 24.9 Å². The number of benzene rings is 1. The maximum absolute atomic E-state index is 12.8. The second-order valence-corrected chi connectivity index (χ2v) is 16.1. The van der Waals surface area contributed by atoms with Gasteiger partial charge in [0.15, 0.2) is 0 Å². The summed E-state index contributed by atoms with van der Waals surface area (Å²) >= 11 is 0. The number of nitrogens with one attached hydrogen (secondary N) is 3. The van der Waals surface area contributed by atoms with E-state index in [-0.39, 0.29) is 42.7 Å². The van der Waals surface area contributed by atoms with Gasteiger partial charge in [0.2, 0.25) is 17.8 Å². The number of ether oxygens (including phenoxy) is 3. The molecule has 3 aliphatic heterocycles. The number of hydrogen-bond acceptors (Lipinski definition) is 14. The summed E-state index contributed by atoms with van der Waals surface area (Å²) in [5, 5.41) is 18.7. The topological polar surface area (TPSA) is 211 Å². The van der Waals surface area contributed by atoms with Crippen LogP contribution in [0.15, 0.2) is 73.2 Å². The molecule has 3 unspecified atom stereocenters. The molecular formula is C43H56N10O7. The van der Waals surface area contributed by atoms with E-state index in [9.17, 15) is 19.5 Å². The molecule has 7 rings (SSSR count). The molecule has 0 radical (unpaired) electrons. The number of piperidine rings is 2. The third-order valence-electron chi connectivity index (χ3n) is 12.0. The third kappa shape index (κ3) is 9.83. The highest BCUT2D eigenvalue weighted by Gasteiger charge is 2.45. The Balaban J connectivity index is 0.801. The zero-order valence-corrected chi connectivity index (χ0v) is 34.4. The first-order valence-electron chi connectivity index (χ1n) is 20.6. The summed E-state index contributed by atoms with van der Waals surface area (Å²) < 4.78 is 19.6. The largest absolute Gasteiger partial charge is 0.390 e. The molecule has 0 aliphatic carbocycles. The molecule has 6 heterocycles. The van der Waals surface area contributed by atoms with Crippen LogP contribution >= 0.6 is 0 Å². The first-order valence-corrected chi connectivity index (χ1v) is 20.6. The Morgan fingerprint density at radius 3 is 2.48 bits per heavy atom. The Kier molecular flexibility index (Phi) is 13.5. The van der Waals surface area contributed by atoms with Gasteiger partial charge in [-0.1, -0.05) is 24.8 Å². The van der Waals surface area contributed by atoms with Gasteiger partial charge < -0.3 is 40.6 Å². The van der Waals surface area contributed by atoms with Crippen molar-refractivity contribution in [2.75, 3.05) is 88.3 Å². The van der Waals surface area contributed by atoms with E-state index in [0.29, 0.717) is 55.6 Å². The Bertz CT molecular complexity index is 2130. The Morgan fingerprint density at radius 2 is 1.78 bits per heavy atom. The normalized spacial score (nSPS) is 19.4. The molecule has 3 saturated heterocycles. The van der Waals surface area contributed by atoms with Gasteiger partial charge in [0.05, 0.1) is 45.2 Å². The summed E-state index contributed by atoms with van der Waals surface area (Å²) in [4.78, 5) is 54.7. The van der Waals surface area contributed by atoms with Crippen molar-refractivity contribution in [2.45, 2.75) is 57.3 Å². The van der Waals surface area contributed by atoms with Gasteiger partial charge in [0, 0.05) is 75.4 Å². The molecule has 3 aliphatic rings. The molecule has 4 aromatic rings. The van der Waals surface area contributed by atoms with Crippen LogP contribution in [0.3, 0.4) is 0 Å². The predicted octanol–water partition coefficient (Wildman–Crippen LogP) is 2.67. The summed E-state index contributed by atoms with van der Waals surface area (Å²) in [7, 11) is 0. The standard InChI is InChI=1S/C43H56N10O7/c1-29(26-47-33-11-12-35(55)49-40(33)57)42(3,30(2)54)60-25-24-59-23-22-58-21-20-51-27-43(28-51)13-17-52(18-14-43)41-50-36(37-38(44)46-16-19-53(37)41)31-7-9-32(10-8-31)39(56)48-34-6-4-5-15-45-34/h4-10,15-16,19,30,33,47,54H,1,11-14,17-18,20-28H2,2-3H3,(H2,44,46)(H,45,48,56)(H,49,55,57). The summed E-state index contributed by atoms with van der Waals surface area (Å²) in [6, 6.07) is 12.2. The molecule has 60 heavy (non-hydrogen) atoms. The first kappa shape index (κ1) is 42.8. The van der Waals surface area contributed by atoms with Gasteiger partial charge in [-0.25, -0.2) is 15.0 Å². The van der Waals surface area contributed by atoms with E-state index in [1.165, 1.54) is 0 Å². The molecule has 3 aromatic heterocycles. The van der Waals surface area contributed by atoms with Crippen molar-refractivity contribution in [1.82, 2.24) is 34.9 Å². The number of hydrogen-bond donors (Lipinski definition) is 5. The van der Waals surface area contributed by atoms with Gasteiger partial charge in [0.25, 0.3) is 5.91 Å².